The van der Waals surface area contributed by atoms with Gasteiger partial charge >= 0.3 is 6.03 Å². The highest BCUT2D eigenvalue weighted by Gasteiger charge is 2.11. The topological polar surface area (TPSA) is 74.2 Å². The van der Waals surface area contributed by atoms with Crippen LogP contribution in [0.25, 0.3) is 0 Å². The van der Waals surface area contributed by atoms with Crippen molar-refractivity contribution in [3.05, 3.63) is 51.5 Å². The molecule has 0 aliphatic rings. The zero-order valence-electron chi connectivity index (χ0n) is 13.5. The summed E-state index contributed by atoms with van der Waals surface area (Å²) < 4.78 is 0. The molecule has 0 fully saturated rings. The van der Waals surface area contributed by atoms with Gasteiger partial charge in [-0.25, -0.2) is 9.78 Å². The second-order valence-corrected chi connectivity index (χ2v) is 6.53. The van der Waals surface area contributed by atoms with E-state index in [9.17, 15) is 9.90 Å². The van der Waals surface area contributed by atoms with Gasteiger partial charge in [0.1, 0.15) is 0 Å². The molecule has 0 radical (unpaired) electrons. The first-order valence-electron chi connectivity index (χ1n) is 7.79. The van der Waals surface area contributed by atoms with E-state index in [1.807, 2.05) is 37.4 Å². The molecule has 6 heteroatoms. The van der Waals surface area contributed by atoms with Crippen LogP contribution in [0.15, 0.2) is 30.5 Å². The van der Waals surface area contributed by atoms with Gasteiger partial charge in [0.15, 0.2) is 0 Å². The molecule has 1 heterocycles. The highest BCUT2D eigenvalue weighted by atomic mass is 32.1. The van der Waals surface area contributed by atoms with Gasteiger partial charge in [0, 0.05) is 30.6 Å². The first-order valence-corrected chi connectivity index (χ1v) is 8.60. The normalized spacial score (nSPS) is 12.0. The maximum Gasteiger partial charge on any atom is 0.314 e. The number of hydrogen-bond acceptors (Lipinski definition) is 4. The van der Waals surface area contributed by atoms with Crippen LogP contribution in [0.3, 0.4) is 0 Å². The summed E-state index contributed by atoms with van der Waals surface area (Å²) in [6.45, 7) is 4.76. The Labute approximate surface area is 140 Å². The molecule has 1 aromatic heterocycles. The Morgan fingerprint density at radius 3 is 2.83 bits per heavy atom. The molecule has 2 rings (SSSR count). The molecule has 5 nitrogen and oxygen atoms in total. The molecule has 0 saturated heterocycles. The van der Waals surface area contributed by atoms with Crippen molar-refractivity contribution in [3.63, 3.8) is 0 Å². The predicted molar refractivity (Wildman–Crippen MR) is 92.7 cm³/mol. The van der Waals surface area contributed by atoms with E-state index in [2.05, 4.69) is 22.5 Å². The Bertz CT molecular complexity index is 642. The largest absolute Gasteiger partial charge is 0.387 e. The third-order valence-corrected chi connectivity index (χ3v) is 4.78. The number of nitrogens with zero attached hydrogens (tertiary/aromatic N) is 1. The van der Waals surface area contributed by atoms with Crippen molar-refractivity contribution in [1.29, 1.82) is 0 Å². The van der Waals surface area contributed by atoms with Crippen LogP contribution >= 0.6 is 11.3 Å². The zero-order chi connectivity index (χ0) is 16.7. The van der Waals surface area contributed by atoms with Gasteiger partial charge in [-0.05, 0) is 24.5 Å². The molecule has 3 N–H and O–H groups in total. The second kappa shape index (κ2) is 8.64. The SMILES string of the molecule is CCc1cnc(CCNC(=O)NCC(O)c2ccccc2C)s1. The van der Waals surface area contributed by atoms with Gasteiger partial charge in [-0.1, -0.05) is 31.2 Å². The average Bonchev–Trinajstić information content (AvgIpc) is 3.01. The zero-order valence-corrected chi connectivity index (χ0v) is 14.3. The molecule has 2 amide bonds. The van der Waals surface area contributed by atoms with E-state index in [4.69, 9.17) is 0 Å². The average molecular weight is 333 g/mol. The lowest BCUT2D eigenvalue weighted by molar-refractivity contribution is 0.172. The number of thiazole rings is 1. The maximum atomic E-state index is 11.8. The molecular weight excluding hydrogens is 310 g/mol. The highest BCUT2D eigenvalue weighted by molar-refractivity contribution is 7.11. The fourth-order valence-electron chi connectivity index (χ4n) is 2.23. The summed E-state index contributed by atoms with van der Waals surface area (Å²) in [7, 11) is 0. The lowest BCUT2D eigenvalue weighted by Gasteiger charge is -2.14. The summed E-state index contributed by atoms with van der Waals surface area (Å²) in [6, 6.07) is 7.34. The molecule has 0 spiro atoms. The van der Waals surface area contributed by atoms with Crippen molar-refractivity contribution >= 4 is 17.4 Å². The number of carbonyl (C=O) groups excluding carboxylic acids is 1. The Hall–Kier alpha value is -1.92. The predicted octanol–water partition coefficient (Wildman–Crippen LogP) is 2.59. The van der Waals surface area contributed by atoms with Gasteiger partial charge in [-0.3, -0.25) is 0 Å². The van der Waals surface area contributed by atoms with Crippen LogP contribution in [0.5, 0.6) is 0 Å². The number of carbonyl (C=O) groups is 1. The summed E-state index contributed by atoms with van der Waals surface area (Å²) in [6.07, 6.45) is 2.90. The van der Waals surface area contributed by atoms with Gasteiger partial charge < -0.3 is 15.7 Å². The standard InChI is InChI=1S/C17H23N3O2S/c1-3-13-10-19-16(23-13)8-9-18-17(22)20-11-15(21)14-7-5-4-6-12(14)2/h4-7,10,15,21H,3,8-9,11H2,1-2H3,(H2,18,20,22). The van der Waals surface area contributed by atoms with Crippen molar-refractivity contribution in [1.82, 2.24) is 15.6 Å². The number of aromatic nitrogens is 1. The van der Waals surface area contributed by atoms with Gasteiger partial charge in [-0.15, -0.1) is 11.3 Å². The fraction of sp³-hybridized carbons (Fsp3) is 0.412. The molecular formula is C17H23N3O2S. The Morgan fingerprint density at radius 2 is 2.13 bits per heavy atom. The highest BCUT2D eigenvalue weighted by Crippen LogP contribution is 2.16. The van der Waals surface area contributed by atoms with E-state index in [-0.39, 0.29) is 12.6 Å². The number of amides is 2. The number of hydrogen-bond donors (Lipinski definition) is 3. The van der Waals surface area contributed by atoms with E-state index < -0.39 is 6.10 Å². The smallest absolute Gasteiger partial charge is 0.314 e. The van der Waals surface area contributed by atoms with E-state index in [0.29, 0.717) is 6.54 Å². The Kier molecular flexibility index (Phi) is 6.55. The minimum Gasteiger partial charge on any atom is -0.387 e. The van der Waals surface area contributed by atoms with E-state index in [0.717, 1.165) is 29.0 Å². The van der Waals surface area contributed by atoms with Gasteiger partial charge in [0.2, 0.25) is 0 Å². The number of urea groups is 1. The van der Waals surface area contributed by atoms with Crippen LogP contribution in [-0.4, -0.2) is 29.2 Å². The molecule has 23 heavy (non-hydrogen) atoms. The van der Waals surface area contributed by atoms with Crippen molar-refractivity contribution in [3.8, 4) is 0 Å². The maximum absolute atomic E-state index is 11.8. The van der Waals surface area contributed by atoms with Crippen molar-refractivity contribution in [2.45, 2.75) is 32.8 Å². The molecule has 1 aromatic carbocycles. The Morgan fingerprint density at radius 1 is 1.35 bits per heavy atom. The Balaban J connectivity index is 1.69. The first-order chi connectivity index (χ1) is 11.1. The van der Waals surface area contributed by atoms with E-state index in [1.54, 1.807) is 11.3 Å². The number of nitrogens with one attached hydrogen (secondary N) is 2. The quantitative estimate of drug-likeness (QED) is 0.729. The third-order valence-electron chi connectivity index (χ3n) is 3.58. The van der Waals surface area contributed by atoms with Crippen LogP contribution < -0.4 is 10.6 Å². The lowest BCUT2D eigenvalue weighted by Crippen LogP contribution is -2.38. The van der Waals surface area contributed by atoms with Crippen LogP contribution in [0, 0.1) is 6.92 Å². The summed E-state index contributed by atoms with van der Waals surface area (Å²) in [5.74, 6) is 0. The molecule has 2 aromatic rings. The molecule has 0 aliphatic carbocycles. The van der Waals surface area contributed by atoms with Crippen LogP contribution in [0.2, 0.25) is 0 Å². The summed E-state index contributed by atoms with van der Waals surface area (Å²) in [5, 5.41) is 16.6. The number of aliphatic hydroxyl groups is 1. The lowest BCUT2D eigenvalue weighted by atomic mass is 10.0. The van der Waals surface area contributed by atoms with E-state index in [1.165, 1.54) is 4.88 Å². The summed E-state index contributed by atoms with van der Waals surface area (Å²) in [5.41, 5.74) is 1.85. The van der Waals surface area contributed by atoms with Crippen molar-refractivity contribution < 1.29 is 9.90 Å². The molecule has 124 valence electrons. The number of aryl methyl sites for hydroxylation is 2. The third kappa shape index (κ3) is 5.33. The number of benzene rings is 1. The van der Waals surface area contributed by atoms with Crippen LogP contribution in [-0.2, 0) is 12.8 Å². The van der Waals surface area contributed by atoms with Crippen LogP contribution in [0.1, 0.15) is 34.0 Å². The van der Waals surface area contributed by atoms with Crippen molar-refractivity contribution in [2.75, 3.05) is 13.1 Å². The second-order valence-electron chi connectivity index (χ2n) is 5.33. The summed E-state index contributed by atoms with van der Waals surface area (Å²) in [4.78, 5) is 17.3. The summed E-state index contributed by atoms with van der Waals surface area (Å²) >= 11 is 1.68. The van der Waals surface area contributed by atoms with E-state index >= 15 is 0 Å². The van der Waals surface area contributed by atoms with Crippen LogP contribution in [0.4, 0.5) is 4.79 Å². The minimum absolute atomic E-state index is 0.188. The molecule has 1 atom stereocenters. The first kappa shape index (κ1) is 17.4. The molecule has 0 aliphatic heterocycles. The van der Waals surface area contributed by atoms with Gasteiger partial charge in [0.05, 0.1) is 11.1 Å². The fourth-order valence-corrected chi connectivity index (χ4v) is 3.09. The molecule has 0 saturated carbocycles. The number of aliphatic hydroxyl groups excluding tert-OH is 1. The number of rotatable bonds is 7. The molecule has 1 unspecified atom stereocenters. The monoisotopic (exact) mass is 333 g/mol. The van der Waals surface area contributed by atoms with Gasteiger partial charge in [0.25, 0.3) is 0 Å². The molecule has 0 bridgehead atoms. The minimum atomic E-state index is -0.701. The van der Waals surface area contributed by atoms with Crippen molar-refractivity contribution in [2.24, 2.45) is 0 Å². The van der Waals surface area contributed by atoms with Gasteiger partial charge in [-0.2, -0.15) is 0 Å².